The van der Waals surface area contributed by atoms with E-state index in [9.17, 15) is 8.42 Å². The van der Waals surface area contributed by atoms with Gasteiger partial charge in [-0.3, -0.25) is 0 Å². The normalized spacial score (nSPS) is 14.1. The number of sulfonamides is 1. The summed E-state index contributed by atoms with van der Waals surface area (Å²) in [5.74, 6) is 1.03. The molecule has 2 heterocycles. The van der Waals surface area contributed by atoms with Crippen LogP contribution in [0.3, 0.4) is 0 Å². The van der Waals surface area contributed by atoms with Crippen LogP contribution >= 0.6 is 27.3 Å². The first-order chi connectivity index (χ1) is 10.0. The van der Waals surface area contributed by atoms with Crippen molar-refractivity contribution in [2.45, 2.75) is 11.4 Å². The van der Waals surface area contributed by atoms with Crippen LogP contribution < -0.4 is 14.2 Å². The third-order valence-electron chi connectivity index (χ3n) is 2.88. The molecule has 1 N–H and O–H groups in total. The molecule has 2 aromatic rings. The average Bonchev–Trinajstić information content (AvgIpc) is 2.90. The maximum atomic E-state index is 12.3. The maximum absolute atomic E-state index is 12.3. The van der Waals surface area contributed by atoms with Gasteiger partial charge in [-0.2, -0.15) is 0 Å². The zero-order valence-corrected chi connectivity index (χ0v) is 14.1. The molecule has 0 saturated carbocycles. The first kappa shape index (κ1) is 14.8. The molecule has 8 heteroatoms. The minimum absolute atomic E-state index is 0.169. The van der Waals surface area contributed by atoms with E-state index in [4.69, 9.17) is 9.47 Å². The smallest absolute Gasteiger partial charge is 0.241 e. The summed E-state index contributed by atoms with van der Waals surface area (Å²) in [5.41, 5.74) is 0. The Labute approximate surface area is 135 Å². The van der Waals surface area contributed by atoms with E-state index in [1.807, 2.05) is 11.4 Å². The Balaban J connectivity index is 1.78. The standard InChI is InChI=1S/C13H12BrNO4S2/c14-9-5-10(20-8-9)7-15-21(16,17)11-1-2-12-13(6-11)19-4-3-18-12/h1-2,5-6,8,15H,3-4,7H2. The van der Waals surface area contributed by atoms with Crippen LogP contribution in [0.2, 0.25) is 0 Å². The molecule has 0 saturated heterocycles. The van der Waals surface area contributed by atoms with Gasteiger partial charge in [-0.15, -0.1) is 11.3 Å². The zero-order valence-electron chi connectivity index (χ0n) is 10.8. The predicted molar refractivity (Wildman–Crippen MR) is 83.5 cm³/mol. The summed E-state index contributed by atoms with van der Waals surface area (Å²) in [6, 6.07) is 6.50. The molecular weight excluding hydrogens is 378 g/mol. The predicted octanol–water partition coefficient (Wildman–Crippen LogP) is 2.76. The molecule has 1 aliphatic heterocycles. The highest BCUT2D eigenvalue weighted by Gasteiger charge is 2.19. The molecular formula is C13H12BrNO4S2. The minimum atomic E-state index is -3.58. The van der Waals surface area contributed by atoms with Crippen molar-refractivity contribution < 1.29 is 17.9 Å². The molecule has 0 unspecified atom stereocenters. The van der Waals surface area contributed by atoms with Crippen molar-refractivity contribution >= 4 is 37.3 Å². The van der Waals surface area contributed by atoms with Crippen molar-refractivity contribution in [2.24, 2.45) is 0 Å². The van der Waals surface area contributed by atoms with Gasteiger partial charge in [0.05, 0.1) is 4.90 Å². The number of fused-ring (bicyclic) bond motifs is 1. The minimum Gasteiger partial charge on any atom is -0.486 e. The fourth-order valence-electron chi connectivity index (χ4n) is 1.89. The summed E-state index contributed by atoms with van der Waals surface area (Å²) < 4.78 is 38.9. The summed E-state index contributed by atoms with van der Waals surface area (Å²) in [6.45, 7) is 1.16. The molecule has 0 amide bonds. The van der Waals surface area contributed by atoms with Gasteiger partial charge in [-0.05, 0) is 34.1 Å². The number of nitrogens with one attached hydrogen (secondary N) is 1. The van der Waals surface area contributed by atoms with Gasteiger partial charge in [-0.1, -0.05) is 0 Å². The SMILES string of the molecule is O=S(=O)(NCc1cc(Br)cs1)c1ccc2c(c1)OCCO2. The van der Waals surface area contributed by atoms with Crippen LogP contribution in [0.15, 0.2) is 39.0 Å². The molecule has 1 aromatic carbocycles. The van der Waals surface area contributed by atoms with Gasteiger partial charge in [0.15, 0.2) is 11.5 Å². The molecule has 0 atom stereocenters. The summed E-state index contributed by atoms with van der Waals surface area (Å²) in [6.07, 6.45) is 0. The zero-order chi connectivity index (χ0) is 14.9. The Morgan fingerprint density at radius 3 is 2.67 bits per heavy atom. The quantitative estimate of drug-likeness (QED) is 0.872. The molecule has 1 aliphatic rings. The highest BCUT2D eigenvalue weighted by Crippen LogP contribution is 2.32. The Kier molecular flexibility index (Phi) is 4.21. The van der Waals surface area contributed by atoms with E-state index in [2.05, 4.69) is 20.7 Å². The van der Waals surface area contributed by atoms with Crippen LogP contribution in [-0.4, -0.2) is 21.6 Å². The van der Waals surface area contributed by atoms with Crippen molar-refractivity contribution in [3.63, 3.8) is 0 Å². The molecule has 0 aliphatic carbocycles. The second-order valence-corrected chi connectivity index (χ2v) is 8.04. The van der Waals surface area contributed by atoms with Gasteiger partial charge >= 0.3 is 0 Å². The third kappa shape index (κ3) is 3.39. The van der Waals surface area contributed by atoms with Crippen LogP contribution in [0.4, 0.5) is 0 Å². The van der Waals surface area contributed by atoms with E-state index in [1.54, 1.807) is 6.07 Å². The number of rotatable bonds is 4. The molecule has 0 bridgehead atoms. The van der Waals surface area contributed by atoms with Gasteiger partial charge in [0.25, 0.3) is 0 Å². The first-order valence-corrected chi connectivity index (χ1v) is 9.32. The topological polar surface area (TPSA) is 64.6 Å². The number of hydrogen-bond acceptors (Lipinski definition) is 5. The van der Waals surface area contributed by atoms with E-state index in [0.29, 0.717) is 24.7 Å². The van der Waals surface area contributed by atoms with E-state index in [0.717, 1.165) is 9.35 Å². The van der Waals surface area contributed by atoms with Crippen LogP contribution in [-0.2, 0) is 16.6 Å². The molecule has 0 fully saturated rings. The van der Waals surface area contributed by atoms with Crippen LogP contribution in [0.5, 0.6) is 11.5 Å². The Hall–Kier alpha value is -1.09. The van der Waals surface area contributed by atoms with Gasteiger partial charge in [-0.25, -0.2) is 13.1 Å². The lowest BCUT2D eigenvalue weighted by atomic mass is 10.3. The molecule has 0 radical (unpaired) electrons. The van der Waals surface area contributed by atoms with Gasteiger partial charge < -0.3 is 9.47 Å². The van der Waals surface area contributed by atoms with Crippen LogP contribution in [0, 0.1) is 0 Å². The second kappa shape index (κ2) is 5.96. The van der Waals surface area contributed by atoms with E-state index in [1.165, 1.54) is 23.5 Å². The Morgan fingerprint density at radius 1 is 1.19 bits per heavy atom. The molecule has 3 rings (SSSR count). The van der Waals surface area contributed by atoms with Crippen molar-refractivity contribution in [1.82, 2.24) is 4.72 Å². The summed E-state index contributed by atoms with van der Waals surface area (Å²) >= 11 is 4.83. The fraction of sp³-hybridized carbons (Fsp3) is 0.231. The number of thiophene rings is 1. The lowest BCUT2D eigenvalue weighted by Gasteiger charge is -2.18. The molecule has 21 heavy (non-hydrogen) atoms. The number of benzene rings is 1. The average molecular weight is 390 g/mol. The maximum Gasteiger partial charge on any atom is 0.241 e. The fourth-order valence-corrected chi connectivity index (χ4v) is 4.39. The first-order valence-electron chi connectivity index (χ1n) is 6.17. The summed E-state index contributed by atoms with van der Waals surface area (Å²) in [7, 11) is -3.58. The van der Waals surface area contributed by atoms with Crippen molar-refractivity contribution in [1.29, 1.82) is 0 Å². The Morgan fingerprint density at radius 2 is 1.95 bits per heavy atom. The van der Waals surface area contributed by atoms with Gasteiger partial charge in [0.2, 0.25) is 10.0 Å². The third-order valence-corrected chi connectivity index (χ3v) is 5.98. The molecule has 1 aromatic heterocycles. The van der Waals surface area contributed by atoms with Crippen molar-refractivity contribution in [2.75, 3.05) is 13.2 Å². The molecule has 0 spiro atoms. The van der Waals surface area contributed by atoms with Crippen LogP contribution in [0.1, 0.15) is 4.88 Å². The van der Waals surface area contributed by atoms with Crippen molar-refractivity contribution in [3.05, 3.63) is 39.0 Å². The number of ether oxygens (including phenoxy) is 2. The number of hydrogen-bond donors (Lipinski definition) is 1. The highest BCUT2D eigenvalue weighted by molar-refractivity contribution is 9.10. The van der Waals surface area contributed by atoms with E-state index in [-0.39, 0.29) is 11.4 Å². The largest absolute Gasteiger partial charge is 0.486 e. The summed E-state index contributed by atoms with van der Waals surface area (Å²) in [5, 5.41) is 1.91. The van der Waals surface area contributed by atoms with Crippen molar-refractivity contribution in [3.8, 4) is 11.5 Å². The molecule has 112 valence electrons. The van der Waals surface area contributed by atoms with E-state index >= 15 is 0 Å². The molecule has 5 nitrogen and oxygen atoms in total. The number of halogens is 1. The second-order valence-electron chi connectivity index (χ2n) is 4.36. The highest BCUT2D eigenvalue weighted by atomic mass is 79.9. The summed E-state index contributed by atoms with van der Waals surface area (Å²) in [4.78, 5) is 1.10. The lowest BCUT2D eigenvalue weighted by molar-refractivity contribution is 0.171. The monoisotopic (exact) mass is 389 g/mol. The van der Waals surface area contributed by atoms with Gasteiger partial charge in [0, 0.05) is 27.3 Å². The van der Waals surface area contributed by atoms with Crippen LogP contribution in [0.25, 0.3) is 0 Å². The lowest BCUT2D eigenvalue weighted by Crippen LogP contribution is -2.23. The van der Waals surface area contributed by atoms with E-state index < -0.39 is 10.0 Å². The Bertz CT molecular complexity index is 757. The van der Waals surface area contributed by atoms with Gasteiger partial charge in [0.1, 0.15) is 13.2 Å².